The molecule has 0 radical (unpaired) electrons. The summed E-state index contributed by atoms with van der Waals surface area (Å²) in [6.07, 6.45) is 0. The van der Waals surface area contributed by atoms with Crippen LogP contribution in [0.25, 0.3) is 0 Å². The summed E-state index contributed by atoms with van der Waals surface area (Å²) in [5.41, 5.74) is 1.36. The second-order valence-corrected chi connectivity index (χ2v) is 6.64. The Bertz CT molecular complexity index is 1010. The lowest BCUT2D eigenvalue weighted by Crippen LogP contribution is -2.48. The van der Waals surface area contributed by atoms with Gasteiger partial charge in [-0.05, 0) is 49.5 Å². The average molecular weight is 412 g/mol. The van der Waals surface area contributed by atoms with E-state index in [-0.39, 0.29) is 12.2 Å². The van der Waals surface area contributed by atoms with Crippen LogP contribution in [0.5, 0.6) is 5.75 Å². The summed E-state index contributed by atoms with van der Waals surface area (Å²) < 4.78 is 5.22. The maximum atomic E-state index is 12.8. The molecule has 2 aromatic carbocycles. The van der Waals surface area contributed by atoms with Crippen LogP contribution in [-0.2, 0) is 9.53 Å². The first-order chi connectivity index (χ1) is 13.8. The van der Waals surface area contributed by atoms with E-state index >= 15 is 0 Å². The zero-order valence-corrected chi connectivity index (χ0v) is 16.6. The Morgan fingerprint density at radius 2 is 1.97 bits per heavy atom. The van der Waals surface area contributed by atoms with Gasteiger partial charge >= 0.3 is 5.97 Å². The van der Waals surface area contributed by atoms with Crippen molar-refractivity contribution < 1.29 is 19.6 Å². The zero-order chi connectivity index (χ0) is 21.1. The molecule has 8 nitrogen and oxygen atoms in total. The lowest BCUT2D eigenvalue weighted by Gasteiger charge is -2.37. The number of nitrogens with one attached hydrogen (secondary N) is 1. The average Bonchev–Trinajstić information content (AvgIpc) is 2.68. The van der Waals surface area contributed by atoms with Crippen molar-refractivity contribution in [3.05, 3.63) is 75.5 Å². The third-order valence-electron chi connectivity index (χ3n) is 4.51. The number of para-hydroxylation sites is 1. The van der Waals surface area contributed by atoms with Gasteiger partial charge in [-0.25, -0.2) is 4.79 Å². The van der Waals surface area contributed by atoms with Crippen molar-refractivity contribution in [3.8, 4) is 5.75 Å². The number of rotatable bonds is 5. The molecule has 1 atom stereocenters. The number of allylic oxidation sites excluding steroid dienone is 1. The number of nitro groups is 1. The van der Waals surface area contributed by atoms with Gasteiger partial charge in [0.15, 0.2) is 5.11 Å². The van der Waals surface area contributed by atoms with Crippen LogP contribution in [-0.4, -0.2) is 22.6 Å². The van der Waals surface area contributed by atoms with Crippen LogP contribution >= 0.6 is 12.2 Å². The second kappa shape index (κ2) is 8.27. The van der Waals surface area contributed by atoms with Crippen LogP contribution in [0, 0.1) is 10.1 Å². The molecule has 1 aliphatic rings. The van der Waals surface area contributed by atoms with Crippen molar-refractivity contribution in [2.75, 3.05) is 11.5 Å². The number of anilines is 1. The molecule has 0 bridgehead atoms. The van der Waals surface area contributed by atoms with E-state index in [1.54, 1.807) is 18.7 Å². The molecule has 1 heterocycles. The van der Waals surface area contributed by atoms with E-state index in [0.29, 0.717) is 16.4 Å². The van der Waals surface area contributed by atoms with Crippen LogP contribution < -0.4 is 15.3 Å². The van der Waals surface area contributed by atoms with Gasteiger partial charge < -0.3 is 15.2 Å². The molecular weight excluding hydrogens is 394 g/mol. The molecule has 0 unspecified atom stereocenters. The Hall–Kier alpha value is -3.46. The highest BCUT2D eigenvalue weighted by Gasteiger charge is 2.36. The predicted octanol–water partition coefficient (Wildman–Crippen LogP) is 2.94. The van der Waals surface area contributed by atoms with Crippen molar-refractivity contribution in [3.63, 3.8) is 0 Å². The Balaban J connectivity index is 2.16. The fourth-order valence-corrected chi connectivity index (χ4v) is 3.57. The molecular formula is C20H18N3O5S-. The van der Waals surface area contributed by atoms with Crippen LogP contribution in [0.2, 0.25) is 0 Å². The molecule has 1 aliphatic heterocycles. The molecule has 1 N–H and O–H groups in total. The van der Waals surface area contributed by atoms with Crippen molar-refractivity contribution >= 4 is 34.7 Å². The summed E-state index contributed by atoms with van der Waals surface area (Å²) >= 11 is 5.51. The summed E-state index contributed by atoms with van der Waals surface area (Å²) in [6, 6.07) is 12.2. The van der Waals surface area contributed by atoms with Crippen LogP contribution in [0.3, 0.4) is 0 Å². The quantitative estimate of drug-likeness (QED) is 0.346. The Morgan fingerprint density at radius 1 is 1.28 bits per heavy atom. The van der Waals surface area contributed by atoms with Gasteiger partial charge in [0.05, 0.1) is 23.1 Å². The van der Waals surface area contributed by atoms with Gasteiger partial charge in [-0.15, -0.1) is 0 Å². The number of benzene rings is 2. The number of carbonyl (C=O) groups excluding carboxylic acids is 1. The predicted molar refractivity (Wildman–Crippen MR) is 109 cm³/mol. The first-order valence-corrected chi connectivity index (χ1v) is 9.24. The number of carbonyl (C=O) groups is 1. The molecule has 0 aliphatic carbocycles. The summed E-state index contributed by atoms with van der Waals surface area (Å²) in [7, 11) is 0. The van der Waals surface area contributed by atoms with Crippen LogP contribution in [0.15, 0.2) is 59.8 Å². The van der Waals surface area contributed by atoms with Gasteiger partial charge in [-0.2, -0.15) is 0 Å². The summed E-state index contributed by atoms with van der Waals surface area (Å²) in [4.78, 5) is 24.9. The van der Waals surface area contributed by atoms with Crippen molar-refractivity contribution in [1.82, 2.24) is 5.32 Å². The molecule has 9 heteroatoms. The van der Waals surface area contributed by atoms with Crippen molar-refractivity contribution in [2.24, 2.45) is 0 Å². The highest BCUT2D eigenvalue weighted by molar-refractivity contribution is 7.80. The molecule has 3 rings (SSSR count). The van der Waals surface area contributed by atoms with E-state index in [0.717, 1.165) is 17.8 Å². The molecule has 0 saturated carbocycles. The monoisotopic (exact) mass is 412 g/mol. The van der Waals surface area contributed by atoms with Crippen LogP contribution in [0.1, 0.15) is 25.5 Å². The minimum absolute atomic E-state index is 0.164. The van der Waals surface area contributed by atoms with Gasteiger partial charge in [0.25, 0.3) is 5.69 Å². The van der Waals surface area contributed by atoms with E-state index in [1.165, 1.54) is 6.07 Å². The molecule has 0 aromatic heterocycles. The lowest BCUT2D eigenvalue weighted by atomic mass is 9.94. The molecule has 0 saturated heterocycles. The fraction of sp³-hybridized carbons (Fsp3) is 0.200. The number of esters is 1. The Kier molecular flexibility index (Phi) is 5.79. The highest BCUT2D eigenvalue weighted by atomic mass is 32.1. The summed E-state index contributed by atoms with van der Waals surface area (Å²) in [5, 5.41) is 26.3. The SMILES string of the molecule is CCOC(=O)C1=C(C)N(c2ccccc2)C(=S)N[C@@H]1c1ccc([O-])c([N+](=O)[O-])c1. The van der Waals surface area contributed by atoms with Crippen molar-refractivity contribution in [1.29, 1.82) is 0 Å². The number of thiocarbonyl (C=S) groups is 1. The molecule has 150 valence electrons. The van der Waals surface area contributed by atoms with Gasteiger partial charge in [-0.3, -0.25) is 15.0 Å². The maximum absolute atomic E-state index is 12.8. The topological polar surface area (TPSA) is 108 Å². The van der Waals surface area contributed by atoms with E-state index < -0.39 is 28.4 Å². The Labute approximate surface area is 172 Å². The lowest BCUT2D eigenvalue weighted by molar-refractivity contribution is -0.398. The van der Waals surface area contributed by atoms with Crippen LogP contribution in [0.4, 0.5) is 11.4 Å². The number of hydrogen-bond acceptors (Lipinski definition) is 6. The number of nitrogens with zero attached hydrogens (tertiary/aromatic N) is 2. The first-order valence-electron chi connectivity index (χ1n) is 8.84. The van der Waals surface area contributed by atoms with Gasteiger partial charge in [0.1, 0.15) is 0 Å². The maximum Gasteiger partial charge on any atom is 0.338 e. The van der Waals surface area contributed by atoms with E-state index in [1.807, 2.05) is 30.3 Å². The minimum Gasteiger partial charge on any atom is -0.868 e. The number of ether oxygens (including phenoxy) is 1. The summed E-state index contributed by atoms with van der Waals surface area (Å²) in [6.45, 7) is 3.59. The van der Waals surface area contributed by atoms with Gasteiger partial charge in [0, 0.05) is 17.5 Å². The first kappa shape index (κ1) is 20.3. The second-order valence-electron chi connectivity index (χ2n) is 6.26. The largest absolute Gasteiger partial charge is 0.868 e. The molecule has 29 heavy (non-hydrogen) atoms. The number of hydrogen-bond donors (Lipinski definition) is 1. The standard InChI is InChI=1S/C20H19N3O5S/c1-3-28-19(25)17-12(2)22(14-7-5-4-6-8-14)20(29)21-18(17)13-9-10-16(24)15(11-13)23(26)27/h4-11,18,24H,3H2,1-2H3,(H,21,29)/p-1/t18-/m1/s1. The highest BCUT2D eigenvalue weighted by Crippen LogP contribution is 2.36. The minimum atomic E-state index is -0.791. The third kappa shape index (κ3) is 3.90. The van der Waals surface area contributed by atoms with E-state index in [9.17, 15) is 20.0 Å². The molecule has 0 amide bonds. The van der Waals surface area contributed by atoms with E-state index in [4.69, 9.17) is 17.0 Å². The summed E-state index contributed by atoms with van der Waals surface area (Å²) in [5.74, 6) is -1.28. The van der Waals surface area contributed by atoms with Gasteiger partial charge in [0.2, 0.25) is 0 Å². The smallest absolute Gasteiger partial charge is 0.338 e. The zero-order valence-electron chi connectivity index (χ0n) is 15.7. The molecule has 0 fully saturated rings. The Morgan fingerprint density at radius 3 is 2.59 bits per heavy atom. The third-order valence-corrected chi connectivity index (χ3v) is 4.81. The molecule has 0 spiro atoms. The fourth-order valence-electron chi connectivity index (χ4n) is 3.21. The molecule has 2 aromatic rings. The van der Waals surface area contributed by atoms with Crippen molar-refractivity contribution in [2.45, 2.75) is 19.9 Å². The normalized spacial score (nSPS) is 16.4. The van der Waals surface area contributed by atoms with Gasteiger partial charge in [-0.1, -0.05) is 30.3 Å². The number of nitro benzene ring substituents is 1. The van der Waals surface area contributed by atoms with E-state index in [2.05, 4.69) is 5.32 Å².